The van der Waals surface area contributed by atoms with Gasteiger partial charge in [0.15, 0.2) is 16.7 Å². The lowest BCUT2D eigenvalue weighted by molar-refractivity contribution is 0.0813. The fraction of sp³-hybridized carbons (Fsp3) is 0.333. The first-order valence-electron chi connectivity index (χ1n) is 9.54. The third kappa shape index (κ3) is 6.48. The van der Waals surface area contributed by atoms with Crippen LogP contribution in [-0.2, 0) is 0 Å². The first-order valence-corrected chi connectivity index (χ1v) is 9.95. The minimum atomic E-state index is -0.595. The van der Waals surface area contributed by atoms with E-state index in [-0.39, 0.29) is 22.1 Å². The number of pyridine rings is 1. The number of carbonyl (C=O) groups is 2. The number of amides is 2. The van der Waals surface area contributed by atoms with E-state index in [0.717, 1.165) is 19.3 Å². The molecule has 1 heterocycles. The lowest BCUT2D eigenvalue weighted by Crippen LogP contribution is -2.36. The third-order valence-corrected chi connectivity index (χ3v) is 4.29. The Labute approximate surface area is 180 Å². The Balaban J connectivity index is 2.00. The predicted octanol–water partition coefficient (Wildman–Crippen LogP) is 3.62. The van der Waals surface area contributed by atoms with Crippen LogP contribution in [0.3, 0.4) is 0 Å². The van der Waals surface area contributed by atoms with Crippen molar-refractivity contribution in [2.45, 2.75) is 26.2 Å². The summed E-state index contributed by atoms with van der Waals surface area (Å²) in [5.41, 5.74) is 0.454. The van der Waals surface area contributed by atoms with E-state index >= 15 is 0 Å². The van der Waals surface area contributed by atoms with Crippen molar-refractivity contribution in [1.82, 2.24) is 15.2 Å². The summed E-state index contributed by atoms with van der Waals surface area (Å²) in [6.45, 7) is 2.53. The van der Waals surface area contributed by atoms with Gasteiger partial charge in [-0.05, 0) is 42.9 Å². The molecule has 160 valence electrons. The molecule has 0 spiro atoms. The molecule has 30 heavy (non-hydrogen) atoms. The van der Waals surface area contributed by atoms with Gasteiger partial charge in [0.05, 0.1) is 12.2 Å². The Morgan fingerprint density at radius 2 is 2.00 bits per heavy atom. The van der Waals surface area contributed by atoms with Gasteiger partial charge in [-0.15, -0.1) is 0 Å². The highest BCUT2D eigenvalue weighted by Crippen LogP contribution is 2.21. The number of ether oxygens (including phenoxy) is 1. The molecule has 0 atom stereocenters. The minimum absolute atomic E-state index is 0.0124. The number of carbonyl (C=O) groups excluding carboxylic acids is 2. The lowest BCUT2D eigenvalue weighted by Gasteiger charge is -2.14. The molecule has 0 aliphatic rings. The zero-order valence-electron chi connectivity index (χ0n) is 17.2. The summed E-state index contributed by atoms with van der Waals surface area (Å²) in [5.74, 6) is -1.37. The second-order valence-corrected chi connectivity index (χ2v) is 7.12. The summed E-state index contributed by atoms with van der Waals surface area (Å²) in [6, 6.07) is 7.36. The monoisotopic (exact) mass is 432 g/mol. The number of benzene rings is 1. The molecule has 7 nitrogen and oxygen atoms in total. The average molecular weight is 433 g/mol. The van der Waals surface area contributed by atoms with E-state index in [9.17, 15) is 14.0 Å². The number of hydrogen-bond donors (Lipinski definition) is 2. The summed E-state index contributed by atoms with van der Waals surface area (Å²) in [4.78, 5) is 30.1. The molecule has 0 bridgehead atoms. The Morgan fingerprint density at radius 3 is 2.67 bits per heavy atom. The molecule has 0 saturated carbocycles. The average Bonchev–Trinajstić information content (AvgIpc) is 2.71. The Bertz CT molecular complexity index is 921. The number of nitrogens with zero attached hydrogens (tertiary/aromatic N) is 2. The smallest absolute Gasteiger partial charge is 0.272 e. The van der Waals surface area contributed by atoms with Crippen molar-refractivity contribution in [3.63, 3.8) is 0 Å². The first-order chi connectivity index (χ1) is 14.3. The Hall–Kier alpha value is -3.07. The quantitative estimate of drug-likeness (QED) is 0.490. The van der Waals surface area contributed by atoms with Crippen LogP contribution in [0.1, 0.15) is 47.0 Å². The maximum absolute atomic E-state index is 14.2. The van der Waals surface area contributed by atoms with Gasteiger partial charge in [0.25, 0.3) is 11.8 Å². The van der Waals surface area contributed by atoms with Crippen LogP contribution in [0.5, 0.6) is 5.75 Å². The SMILES string of the molecule is CCCCCOc1ccc(NC(=S)NC(=O)c2cccnc2C(=O)N(C)C)cc1F. The van der Waals surface area contributed by atoms with Gasteiger partial charge in [0, 0.05) is 32.0 Å². The fourth-order valence-electron chi connectivity index (χ4n) is 2.53. The third-order valence-electron chi connectivity index (χ3n) is 4.08. The van der Waals surface area contributed by atoms with E-state index in [4.69, 9.17) is 17.0 Å². The zero-order chi connectivity index (χ0) is 22.1. The summed E-state index contributed by atoms with van der Waals surface area (Å²) in [6.07, 6.45) is 4.37. The van der Waals surface area contributed by atoms with Crippen molar-refractivity contribution in [3.8, 4) is 5.75 Å². The molecule has 2 N–H and O–H groups in total. The molecule has 0 unspecified atom stereocenters. The number of anilines is 1. The summed E-state index contributed by atoms with van der Waals surface area (Å²) >= 11 is 5.14. The molecule has 0 radical (unpaired) electrons. The van der Waals surface area contributed by atoms with E-state index in [1.54, 1.807) is 26.2 Å². The van der Waals surface area contributed by atoms with Crippen LogP contribution in [0.2, 0.25) is 0 Å². The molecule has 2 amide bonds. The maximum atomic E-state index is 14.2. The van der Waals surface area contributed by atoms with E-state index < -0.39 is 17.6 Å². The Kier molecular flexibility index (Phi) is 8.67. The van der Waals surface area contributed by atoms with Crippen molar-refractivity contribution in [3.05, 3.63) is 53.6 Å². The lowest BCUT2D eigenvalue weighted by atomic mass is 10.1. The van der Waals surface area contributed by atoms with E-state index in [1.807, 2.05) is 0 Å². The van der Waals surface area contributed by atoms with Crippen molar-refractivity contribution in [2.24, 2.45) is 0 Å². The van der Waals surface area contributed by atoms with Gasteiger partial charge in [-0.25, -0.2) is 4.39 Å². The molecular formula is C21H25FN4O3S. The molecule has 2 aromatic rings. The number of aromatic nitrogens is 1. The van der Waals surface area contributed by atoms with Gasteiger partial charge in [-0.2, -0.15) is 0 Å². The number of halogens is 1. The highest BCUT2D eigenvalue weighted by Gasteiger charge is 2.20. The van der Waals surface area contributed by atoms with Gasteiger partial charge in [-0.3, -0.25) is 19.9 Å². The van der Waals surface area contributed by atoms with E-state index in [1.165, 1.54) is 29.3 Å². The van der Waals surface area contributed by atoms with Gasteiger partial charge in [-0.1, -0.05) is 19.8 Å². The molecule has 1 aromatic carbocycles. The standard InChI is InChI=1S/C21H25FN4O3S/c1-4-5-6-12-29-17-10-9-14(13-16(17)22)24-21(30)25-19(27)15-8-7-11-23-18(15)20(28)26(2)3/h7-11,13H,4-6,12H2,1-3H3,(H2,24,25,27,30). The number of unbranched alkanes of at least 4 members (excludes halogenated alkanes) is 2. The van der Waals surface area contributed by atoms with Gasteiger partial charge >= 0.3 is 0 Å². The van der Waals surface area contributed by atoms with Crippen molar-refractivity contribution < 1.29 is 18.7 Å². The van der Waals surface area contributed by atoms with Gasteiger partial charge in [0.1, 0.15) is 5.69 Å². The highest BCUT2D eigenvalue weighted by atomic mass is 32.1. The van der Waals surface area contributed by atoms with Crippen LogP contribution < -0.4 is 15.4 Å². The van der Waals surface area contributed by atoms with Crippen LogP contribution in [0, 0.1) is 5.82 Å². The van der Waals surface area contributed by atoms with E-state index in [2.05, 4.69) is 22.5 Å². The highest BCUT2D eigenvalue weighted by molar-refractivity contribution is 7.80. The fourth-order valence-corrected chi connectivity index (χ4v) is 2.74. The summed E-state index contributed by atoms with van der Waals surface area (Å²) in [7, 11) is 3.13. The predicted molar refractivity (Wildman–Crippen MR) is 117 cm³/mol. The summed E-state index contributed by atoms with van der Waals surface area (Å²) < 4.78 is 19.6. The molecule has 0 aliphatic heterocycles. The zero-order valence-corrected chi connectivity index (χ0v) is 18.0. The number of thiocarbonyl (C=S) groups is 1. The van der Waals surface area contributed by atoms with Crippen molar-refractivity contribution in [1.29, 1.82) is 0 Å². The number of nitrogens with one attached hydrogen (secondary N) is 2. The Morgan fingerprint density at radius 1 is 1.23 bits per heavy atom. The minimum Gasteiger partial charge on any atom is -0.491 e. The molecule has 0 fully saturated rings. The van der Waals surface area contributed by atoms with Crippen LogP contribution >= 0.6 is 12.2 Å². The van der Waals surface area contributed by atoms with Crippen LogP contribution in [0.25, 0.3) is 0 Å². The van der Waals surface area contributed by atoms with Gasteiger partial charge in [0.2, 0.25) is 0 Å². The first kappa shape index (κ1) is 23.2. The molecular weight excluding hydrogens is 407 g/mol. The van der Waals surface area contributed by atoms with Crippen LogP contribution in [0.4, 0.5) is 10.1 Å². The molecule has 9 heteroatoms. The topological polar surface area (TPSA) is 83.6 Å². The van der Waals surface area contributed by atoms with Gasteiger partial charge < -0.3 is 15.0 Å². The maximum Gasteiger partial charge on any atom is 0.272 e. The van der Waals surface area contributed by atoms with Crippen LogP contribution in [-0.4, -0.2) is 47.5 Å². The molecule has 1 aromatic heterocycles. The van der Waals surface area contributed by atoms with Crippen molar-refractivity contribution >= 4 is 34.8 Å². The largest absolute Gasteiger partial charge is 0.491 e. The van der Waals surface area contributed by atoms with E-state index in [0.29, 0.717) is 12.3 Å². The second-order valence-electron chi connectivity index (χ2n) is 6.71. The number of hydrogen-bond acceptors (Lipinski definition) is 5. The number of rotatable bonds is 8. The van der Waals surface area contributed by atoms with Crippen LogP contribution in [0.15, 0.2) is 36.5 Å². The summed E-state index contributed by atoms with van der Waals surface area (Å²) in [5, 5.41) is 5.19. The second kappa shape index (κ2) is 11.2. The van der Waals surface area contributed by atoms with Crippen molar-refractivity contribution in [2.75, 3.05) is 26.0 Å². The molecule has 0 saturated heterocycles. The normalized spacial score (nSPS) is 10.3. The molecule has 0 aliphatic carbocycles. The molecule has 2 rings (SSSR count).